The van der Waals surface area contributed by atoms with Gasteiger partial charge < -0.3 is 35.4 Å². The highest BCUT2D eigenvalue weighted by Gasteiger charge is 2.51. The zero-order chi connectivity index (χ0) is 32.3. The Balaban J connectivity index is 1.60. The molecule has 0 radical (unpaired) electrons. The van der Waals surface area contributed by atoms with Crippen LogP contribution in [0.2, 0.25) is 0 Å². The van der Waals surface area contributed by atoms with Crippen LogP contribution in [0.5, 0.6) is 0 Å². The summed E-state index contributed by atoms with van der Waals surface area (Å²) in [6, 6.07) is -2.82. The van der Waals surface area contributed by atoms with Crippen LogP contribution >= 0.6 is 0 Å². The number of amides is 4. The van der Waals surface area contributed by atoms with Crippen LogP contribution in [-0.4, -0.2) is 102 Å². The van der Waals surface area contributed by atoms with Crippen LogP contribution in [0.1, 0.15) is 73.1 Å². The fourth-order valence-electron chi connectivity index (χ4n) is 5.76. The molecule has 2 aliphatic heterocycles. The molecule has 16 heteroatoms. The molecule has 3 aliphatic rings. The number of nitrogens with zero attached hydrogens (tertiary/aromatic N) is 1. The molecule has 4 amide bonds. The van der Waals surface area contributed by atoms with Gasteiger partial charge in [-0.2, -0.15) is 8.42 Å². The molecule has 1 saturated carbocycles. The van der Waals surface area contributed by atoms with E-state index in [-0.39, 0.29) is 30.3 Å². The normalized spacial score (nSPS) is 25.9. The van der Waals surface area contributed by atoms with Crippen molar-refractivity contribution in [3.8, 4) is 0 Å². The Morgan fingerprint density at radius 2 is 1.79 bits per heavy atom. The highest BCUT2D eigenvalue weighted by Crippen LogP contribution is 2.49. The molecule has 0 aromatic heterocycles. The zero-order valence-electron chi connectivity index (χ0n) is 25.3. The molecule has 4 atom stereocenters. The maximum atomic E-state index is 13.3. The monoisotopic (exact) mass is 632 g/mol. The van der Waals surface area contributed by atoms with Gasteiger partial charge in [0.1, 0.15) is 17.7 Å². The van der Waals surface area contributed by atoms with E-state index in [4.69, 9.17) is 9.47 Å². The van der Waals surface area contributed by atoms with Crippen LogP contribution in [-0.2, 0) is 34.0 Å². The van der Waals surface area contributed by atoms with Crippen molar-refractivity contribution in [3.05, 3.63) is 0 Å². The van der Waals surface area contributed by atoms with Crippen molar-refractivity contribution in [3.63, 3.8) is 0 Å². The standard InChI is InChI=1S/C27H44N4O11S/c1-15(2)10-19(22(34)29-18(11-16-6-8-28-21(16)33)20(32)23(35)43(38,39)40)30-24(36)41-17-12-27(13-17)7-9-31(14-27)25(37)42-26(3,4)5/h15-19,23,35H,6-14H2,1-5H3,(H,28,33)(H,29,34)(H,30,36)(H,38,39,40)/t16-,17?,18+,19+,23?,27?/m1/s1. The lowest BCUT2D eigenvalue weighted by Gasteiger charge is -2.44. The third-order valence-electron chi connectivity index (χ3n) is 7.87. The van der Waals surface area contributed by atoms with Crippen LogP contribution in [0.4, 0.5) is 9.59 Å². The van der Waals surface area contributed by atoms with E-state index < -0.39 is 69.0 Å². The fraction of sp³-hybridized carbons (Fsp3) is 0.815. The molecule has 0 bridgehead atoms. The van der Waals surface area contributed by atoms with Gasteiger partial charge in [0.15, 0.2) is 0 Å². The lowest BCUT2D eigenvalue weighted by Crippen LogP contribution is -2.55. The second-order valence-electron chi connectivity index (χ2n) is 13.3. The van der Waals surface area contributed by atoms with Crippen LogP contribution in [0.25, 0.3) is 0 Å². The molecule has 2 heterocycles. The van der Waals surface area contributed by atoms with Gasteiger partial charge in [0.2, 0.25) is 23.0 Å². The Morgan fingerprint density at radius 1 is 1.14 bits per heavy atom. The SMILES string of the molecule is CC(C)C[C@H](NC(=O)OC1CC2(CCN(C(=O)OC(C)(C)C)C2)C1)C(=O)N[C@@H](C[C@H]1CCNC1=O)C(=O)C(O)S(=O)(=O)O. The van der Waals surface area contributed by atoms with Crippen LogP contribution in [0.15, 0.2) is 0 Å². The number of aliphatic hydroxyl groups is 1. The largest absolute Gasteiger partial charge is 0.446 e. The Labute approximate surface area is 251 Å². The molecule has 3 rings (SSSR count). The van der Waals surface area contributed by atoms with E-state index in [1.807, 2.05) is 0 Å². The van der Waals surface area contributed by atoms with Crippen LogP contribution in [0, 0.1) is 17.3 Å². The van der Waals surface area contributed by atoms with Crippen molar-refractivity contribution in [2.75, 3.05) is 19.6 Å². The number of ether oxygens (including phenoxy) is 2. The maximum Gasteiger partial charge on any atom is 0.410 e. The molecule has 43 heavy (non-hydrogen) atoms. The molecule has 15 nitrogen and oxygen atoms in total. The van der Waals surface area contributed by atoms with Gasteiger partial charge in [0, 0.05) is 25.6 Å². The third-order valence-corrected chi connectivity index (χ3v) is 8.67. The van der Waals surface area contributed by atoms with Crippen LogP contribution < -0.4 is 16.0 Å². The predicted molar refractivity (Wildman–Crippen MR) is 151 cm³/mol. The summed E-state index contributed by atoms with van der Waals surface area (Å²) in [6.45, 7) is 10.3. The van der Waals surface area contributed by atoms with E-state index in [1.165, 1.54) is 0 Å². The highest BCUT2D eigenvalue weighted by atomic mass is 32.2. The van der Waals surface area contributed by atoms with E-state index >= 15 is 0 Å². The number of likely N-dealkylation sites (tertiary alicyclic amines) is 1. The number of ketones is 1. The summed E-state index contributed by atoms with van der Waals surface area (Å²) in [5.41, 5.74) is -3.61. The molecular formula is C27H44N4O11S. The first-order valence-corrected chi connectivity index (χ1v) is 16.0. The first-order chi connectivity index (χ1) is 19.8. The molecule has 3 fully saturated rings. The summed E-state index contributed by atoms with van der Waals surface area (Å²) in [5, 5.41) is 17.3. The number of rotatable bonds is 11. The maximum absolute atomic E-state index is 13.3. The summed E-state index contributed by atoms with van der Waals surface area (Å²) in [6.07, 6.45) is 0.277. The van der Waals surface area contributed by atoms with Gasteiger partial charge in [0.05, 0.1) is 6.04 Å². The third kappa shape index (κ3) is 9.50. The minimum atomic E-state index is -5.19. The first-order valence-electron chi connectivity index (χ1n) is 14.5. The molecule has 2 saturated heterocycles. The van der Waals surface area contributed by atoms with Gasteiger partial charge in [-0.05, 0) is 70.6 Å². The summed E-state index contributed by atoms with van der Waals surface area (Å²) in [4.78, 5) is 64.9. The van der Waals surface area contributed by atoms with Crippen molar-refractivity contribution >= 4 is 39.9 Å². The Morgan fingerprint density at radius 3 is 2.33 bits per heavy atom. The van der Waals surface area contributed by atoms with Gasteiger partial charge in [-0.3, -0.25) is 18.9 Å². The van der Waals surface area contributed by atoms with E-state index in [1.54, 1.807) is 39.5 Å². The smallest absolute Gasteiger partial charge is 0.410 e. The Bertz CT molecular complexity index is 1190. The number of hydrogen-bond donors (Lipinski definition) is 5. The molecular weight excluding hydrogens is 588 g/mol. The van der Waals surface area contributed by atoms with Crippen molar-refractivity contribution < 1.29 is 51.5 Å². The van der Waals surface area contributed by atoms with Crippen molar-refractivity contribution in [2.45, 2.75) is 102 Å². The van der Waals surface area contributed by atoms with Crippen LogP contribution in [0.3, 0.4) is 0 Å². The Hall–Kier alpha value is -2.98. The van der Waals surface area contributed by atoms with Gasteiger partial charge in [-0.15, -0.1) is 0 Å². The van der Waals surface area contributed by atoms with Gasteiger partial charge in [-0.1, -0.05) is 13.8 Å². The zero-order valence-corrected chi connectivity index (χ0v) is 26.1. The molecule has 0 aromatic rings. The number of hydrogen-bond acceptors (Lipinski definition) is 10. The molecule has 1 aliphatic carbocycles. The highest BCUT2D eigenvalue weighted by molar-refractivity contribution is 7.87. The number of carbonyl (C=O) groups is 5. The minimum absolute atomic E-state index is 0.0986. The Kier molecular flexibility index (Phi) is 10.7. The van der Waals surface area contributed by atoms with Gasteiger partial charge in [0.25, 0.3) is 10.1 Å². The number of alkyl carbamates (subject to hydrolysis) is 1. The quantitative estimate of drug-likeness (QED) is 0.200. The lowest BCUT2D eigenvalue weighted by atomic mass is 9.66. The predicted octanol–water partition coefficient (Wildman–Crippen LogP) is 0.703. The van der Waals surface area contributed by atoms with E-state index in [2.05, 4.69) is 16.0 Å². The minimum Gasteiger partial charge on any atom is -0.446 e. The van der Waals surface area contributed by atoms with Crippen molar-refractivity contribution in [2.24, 2.45) is 17.3 Å². The summed E-state index contributed by atoms with van der Waals surface area (Å²) < 4.78 is 43.0. The molecule has 244 valence electrons. The summed E-state index contributed by atoms with van der Waals surface area (Å²) in [5.74, 6) is -3.49. The number of aliphatic hydroxyl groups excluding tert-OH is 1. The topological polar surface area (TPSA) is 218 Å². The summed E-state index contributed by atoms with van der Waals surface area (Å²) in [7, 11) is -5.19. The number of carbonyl (C=O) groups excluding carboxylic acids is 5. The van der Waals surface area contributed by atoms with Gasteiger partial charge >= 0.3 is 12.2 Å². The average molecular weight is 633 g/mol. The lowest BCUT2D eigenvalue weighted by molar-refractivity contribution is -0.132. The summed E-state index contributed by atoms with van der Waals surface area (Å²) >= 11 is 0. The number of nitrogens with one attached hydrogen (secondary N) is 3. The van der Waals surface area contributed by atoms with Gasteiger partial charge in [-0.25, -0.2) is 9.59 Å². The molecule has 0 aromatic carbocycles. The van der Waals surface area contributed by atoms with E-state index in [9.17, 15) is 42.0 Å². The molecule has 5 N–H and O–H groups in total. The average Bonchev–Trinajstić information content (AvgIpc) is 3.47. The molecule has 1 unspecified atom stereocenters. The van der Waals surface area contributed by atoms with E-state index in [0.717, 1.165) is 6.42 Å². The molecule has 1 spiro atoms. The fourth-order valence-corrected chi connectivity index (χ4v) is 6.22. The second kappa shape index (κ2) is 13.3. The number of Topliss-reactive ketones (excluding diaryl/α,β-unsaturated/α-hetero) is 1. The van der Waals surface area contributed by atoms with E-state index in [0.29, 0.717) is 38.9 Å². The first kappa shape index (κ1) is 34.5. The van der Waals surface area contributed by atoms with Crippen molar-refractivity contribution in [1.29, 1.82) is 0 Å². The second-order valence-corrected chi connectivity index (χ2v) is 14.7. The van der Waals surface area contributed by atoms with Crippen molar-refractivity contribution in [1.82, 2.24) is 20.9 Å².